The molecule has 1 aromatic rings. The molecule has 0 saturated carbocycles. The maximum Gasteiger partial charge on any atom is 0.416 e. The lowest BCUT2D eigenvalue weighted by molar-refractivity contribution is -0.137. The van der Waals surface area contributed by atoms with Gasteiger partial charge in [-0.05, 0) is 30.4 Å². The molecule has 1 aliphatic heterocycles. The predicted molar refractivity (Wildman–Crippen MR) is 72.2 cm³/mol. The van der Waals surface area contributed by atoms with Gasteiger partial charge in [0.05, 0.1) is 5.56 Å². The van der Waals surface area contributed by atoms with Gasteiger partial charge in [-0.3, -0.25) is 0 Å². The zero-order valence-electron chi connectivity index (χ0n) is 11.5. The summed E-state index contributed by atoms with van der Waals surface area (Å²) in [6, 6.07) is 2.01. The van der Waals surface area contributed by atoms with Crippen molar-refractivity contribution in [3.63, 3.8) is 0 Å². The zero-order chi connectivity index (χ0) is 14.9. The highest BCUT2D eigenvalue weighted by molar-refractivity contribution is 5.51. The van der Waals surface area contributed by atoms with Crippen LogP contribution in [0.4, 0.5) is 24.8 Å². The molecule has 0 aliphatic carbocycles. The van der Waals surface area contributed by atoms with E-state index in [0.29, 0.717) is 30.7 Å². The molecule has 1 saturated heterocycles. The summed E-state index contributed by atoms with van der Waals surface area (Å²) in [4.78, 5) is 6.05. The minimum absolute atomic E-state index is 0.0284. The average Bonchev–Trinajstić information content (AvgIpc) is 2.36. The number of aromatic nitrogens is 1. The molecule has 0 spiro atoms. The summed E-state index contributed by atoms with van der Waals surface area (Å²) in [6.07, 6.45) is -3.33. The summed E-state index contributed by atoms with van der Waals surface area (Å²) < 4.78 is 38.7. The van der Waals surface area contributed by atoms with Gasteiger partial charge in [0, 0.05) is 13.1 Å². The smallest absolute Gasteiger partial charge is 0.356 e. The Balaban J connectivity index is 2.35. The largest absolute Gasteiger partial charge is 0.416 e. The van der Waals surface area contributed by atoms with Crippen LogP contribution in [0.5, 0.6) is 0 Å². The number of pyridine rings is 1. The number of nitrogens with two attached hydrogens (primary N) is 1. The van der Waals surface area contributed by atoms with Crippen LogP contribution >= 0.6 is 0 Å². The molecule has 2 rings (SSSR count). The fourth-order valence-electron chi connectivity index (χ4n) is 2.77. The quantitative estimate of drug-likeness (QED) is 0.649. The minimum Gasteiger partial charge on any atom is -0.356 e. The van der Waals surface area contributed by atoms with Gasteiger partial charge >= 0.3 is 6.18 Å². The number of halogens is 3. The molecule has 1 aliphatic rings. The Kier molecular flexibility index (Phi) is 4.08. The Labute approximate surface area is 116 Å². The van der Waals surface area contributed by atoms with E-state index >= 15 is 0 Å². The van der Waals surface area contributed by atoms with Crippen LogP contribution in [0.25, 0.3) is 0 Å². The van der Waals surface area contributed by atoms with Crippen molar-refractivity contribution in [1.29, 1.82) is 0 Å². The predicted octanol–water partition coefficient (Wildman–Crippen LogP) is 2.87. The van der Waals surface area contributed by atoms with Crippen LogP contribution in [-0.4, -0.2) is 18.1 Å². The third-order valence-electron chi connectivity index (χ3n) is 3.48. The number of rotatable bonds is 2. The molecule has 20 heavy (non-hydrogen) atoms. The average molecular weight is 288 g/mol. The first-order valence-electron chi connectivity index (χ1n) is 6.60. The van der Waals surface area contributed by atoms with Gasteiger partial charge in [0.2, 0.25) is 0 Å². The van der Waals surface area contributed by atoms with Gasteiger partial charge in [-0.1, -0.05) is 13.8 Å². The second-order valence-electron chi connectivity index (χ2n) is 5.59. The Morgan fingerprint density at radius 2 is 1.85 bits per heavy atom. The van der Waals surface area contributed by atoms with E-state index in [9.17, 15) is 13.2 Å². The lowest BCUT2D eigenvalue weighted by atomic mass is 9.92. The van der Waals surface area contributed by atoms with Gasteiger partial charge in [-0.2, -0.15) is 13.2 Å². The van der Waals surface area contributed by atoms with Crippen molar-refractivity contribution in [3.8, 4) is 0 Å². The Hall–Kier alpha value is -1.50. The van der Waals surface area contributed by atoms with Crippen molar-refractivity contribution in [1.82, 2.24) is 4.98 Å². The highest BCUT2D eigenvalue weighted by atomic mass is 19.4. The number of anilines is 2. The summed E-state index contributed by atoms with van der Waals surface area (Å²) in [5.74, 6) is 6.44. The molecule has 1 aromatic heterocycles. The number of nitrogens with zero attached hydrogens (tertiary/aromatic N) is 2. The Bertz CT molecular complexity index is 465. The summed E-state index contributed by atoms with van der Waals surface area (Å²) in [7, 11) is 0. The molecule has 1 fully saturated rings. The molecular weight excluding hydrogens is 269 g/mol. The van der Waals surface area contributed by atoms with Crippen molar-refractivity contribution < 1.29 is 13.2 Å². The number of alkyl halides is 3. The third-order valence-corrected chi connectivity index (χ3v) is 3.48. The molecule has 2 heterocycles. The van der Waals surface area contributed by atoms with Gasteiger partial charge in [-0.15, -0.1) is 0 Å². The van der Waals surface area contributed by atoms with E-state index in [4.69, 9.17) is 5.84 Å². The molecule has 4 nitrogen and oxygen atoms in total. The molecule has 0 amide bonds. The highest BCUT2D eigenvalue weighted by Crippen LogP contribution is 2.34. The number of nitrogen functional groups attached to an aromatic ring is 1. The van der Waals surface area contributed by atoms with Crippen molar-refractivity contribution in [2.75, 3.05) is 23.4 Å². The lowest BCUT2D eigenvalue weighted by Gasteiger charge is -2.36. The van der Waals surface area contributed by atoms with Crippen LogP contribution in [0.1, 0.15) is 25.8 Å². The topological polar surface area (TPSA) is 54.2 Å². The summed E-state index contributed by atoms with van der Waals surface area (Å²) in [5.41, 5.74) is 1.47. The summed E-state index contributed by atoms with van der Waals surface area (Å²) >= 11 is 0. The van der Waals surface area contributed by atoms with Crippen LogP contribution in [0.3, 0.4) is 0 Å². The van der Waals surface area contributed by atoms with E-state index in [2.05, 4.69) is 24.3 Å². The molecule has 0 aromatic carbocycles. The molecule has 0 radical (unpaired) electrons. The van der Waals surface area contributed by atoms with Crippen LogP contribution in [-0.2, 0) is 6.18 Å². The van der Waals surface area contributed by atoms with E-state index in [0.717, 1.165) is 18.6 Å². The molecular formula is C13H19F3N4. The van der Waals surface area contributed by atoms with Gasteiger partial charge < -0.3 is 10.3 Å². The maximum absolute atomic E-state index is 12.9. The first kappa shape index (κ1) is 14.9. The van der Waals surface area contributed by atoms with Crippen LogP contribution in [0.2, 0.25) is 0 Å². The number of hydrazine groups is 1. The van der Waals surface area contributed by atoms with E-state index < -0.39 is 11.7 Å². The van der Waals surface area contributed by atoms with E-state index in [1.165, 1.54) is 0 Å². The monoisotopic (exact) mass is 288 g/mol. The van der Waals surface area contributed by atoms with Crippen molar-refractivity contribution in [3.05, 3.63) is 17.7 Å². The second-order valence-corrected chi connectivity index (χ2v) is 5.59. The lowest BCUT2D eigenvalue weighted by Crippen LogP contribution is -2.39. The first-order valence-corrected chi connectivity index (χ1v) is 6.60. The number of hydrogen-bond acceptors (Lipinski definition) is 4. The third kappa shape index (κ3) is 3.33. The number of hydrogen-bond donors (Lipinski definition) is 2. The van der Waals surface area contributed by atoms with Gasteiger partial charge in [0.15, 0.2) is 0 Å². The fourth-order valence-corrected chi connectivity index (χ4v) is 2.77. The Morgan fingerprint density at radius 3 is 2.35 bits per heavy atom. The highest BCUT2D eigenvalue weighted by Gasteiger charge is 2.33. The summed E-state index contributed by atoms with van der Waals surface area (Å²) in [5, 5.41) is 0. The maximum atomic E-state index is 12.9. The van der Waals surface area contributed by atoms with Crippen molar-refractivity contribution in [2.24, 2.45) is 17.7 Å². The van der Waals surface area contributed by atoms with Crippen molar-refractivity contribution >= 4 is 11.6 Å². The van der Waals surface area contributed by atoms with E-state index in [1.54, 1.807) is 0 Å². The fraction of sp³-hybridized carbons (Fsp3) is 0.615. The SMILES string of the molecule is CC1CC(C)CN(c2cc(C(F)(F)F)cc(NN)n2)C1. The molecule has 0 bridgehead atoms. The normalized spacial score (nSPS) is 23.8. The standard InChI is InChI=1S/C13H19F3N4/c1-8-3-9(2)7-20(6-8)12-5-10(13(14,15)16)4-11(18-12)19-17/h4-5,8-9H,3,6-7,17H2,1-2H3,(H,18,19). The van der Waals surface area contributed by atoms with Crippen LogP contribution < -0.4 is 16.2 Å². The second kappa shape index (κ2) is 5.47. The van der Waals surface area contributed by atoms with Gasteiger partial charge in [-0.25, -0.2) is 10.8 Å². The van der Waals surface area contributed by atoms with Crippen LogP contribution in [0, 0.1) is 11.8 Å². The number of piperidine rings is 1. The first-order chi connectivity index (χ1) is 9.29. The molecule has 2 atom stereocenters. The van der Waals surface area contributed by atoms with Crippen LogP contribution in [0.15, 0.2) is 12.1 Å². The van der Waals surface area contributed by atoms with Crippen molar-refractivity contribution in [2.45, 2.75) is 26.4 Å². The van der Waals surface area contributed by atoms with Gasteiger partial charge in [0.25, 0.3) is 0 Å². The van der Waals surface area contributed by atoms with Gasteiger partial charge in [0.1, 0.15) is 11.6 Å². The van der Waals surface area contributed by atoms with E-state index in [-0.39, 0.29) is 5.82 Å². The zero-order valence-corrected chi connectivity index (χ0v) is 11.5. The molecule has 112 valence electrons. The van der Waals surface area contributed by atoms with E-state index in [1.807, 2.05) is 4.90 Å². The summed E-state index contributed by atoms with van der Waals surface area (Å²) in [6.45, 7) is 5.61. The minimum atomic E-state index is -4.41. The molecule has 2 unspecified atom stereocenters. The Morgan fingerprint density at radius 1 is 1.25 bits per heavy atom. The number of nitrogens with one attached hydrogen (secondary N) is 1. The molecule has 7 heteroatoms. The molecule has 3 N–H and O–H groups in total.